The quantitative estimate of drug-likeness (QED) is 0.557. The zero-order valence-electron chi connectivity index (χ0n) is 17.9. The molecule has 0 saturated carbocycles. The Hall–Kier alpha value is -2.16. The molecule has 0 fully saturated rings. The summed E-state index contributed by atoms with van der Waals surface area (Å²) in [6.45, 7) is 16.5. The van der Waals surface area contributed by atoms with E-state index in [2.05, 4.69) is 55.4 Å². The Balaban J connectivity index is 2.56. The molecule has 0 aliphatic carbocycles. The maximum Gasteiger partial charge on any atom is 0.128 e. The Kier molecular flexibility index (Phi) is 6.46. The highest BCUT2D eigenvalue weighted by Crippen LogP contribution is 2.41. The molecule has 2 rings (SSSR count). The van der Waals surface area contributed by atoms with Gasteiger partial charge >= 0.3 is 0 Å². The highest BCUT2D eigenvalue weighted by Gasteiger charge is 2.19. The minimum atomic E-state index is 0.198. The second-order valence-corrected chi connectivity index (χ2v) is 8.62. The predicted octanol–water partition coefficient (Wildman–Crippen LogP) is 7.38. The maximum atomic E-state index is 10.6. The van der Waals surface area contributed by atoms with E-state index in [1.54, 1.807) is 0 Å². The van der Waals surface area contributed by atoms with E-state index >= 15 is 0 Å². The number of benzene rings is 2. The van der Waals surface area contributed by atoms with Crippen molar-refractivity contribution < 1.29 is 14.9 Å². The van der Waals surface area contributed by atoms with Gasteiger partial charge in [-0.1, -0.05) is 55.4 Å². The first-order valence-corrected chi connectivity index (χ1v) is 9.94. The molecule has 0 atom stereocenters. The summed E-state index contributed by atoms with van der Waals surface area (Å²) in [5.74, 6) is 2.96. The van der Waals surface area contributed by atoms with E-state index in [-0.39, 0.29) is 23.7 Å². The van der Waals surface area contributed by atoms with Crippen LogP contribution in [0.3, 0.4) is 0 Å². The van der Waals surface area contributed by atoms with Crippen molar-refractivity contribution in [1.82, 2.24) is 0 Å². The van der Waals surface area contributed by atoms with Gasteiger partial charge in [-0.3, -0.25) is 0 Å². The first-order chi connectivity index (χ1) is 12.5. The van der Waals surface area contributed by atoms with Gasteiger partial charge in [-0.15, -0.1) is 0 Å². The Labute approximate surface area is 164 Å². The van der Waals surface area contributed by atoms with Crippen LogP contribution >= 0.6 is 0 Å². The van der Waals surface area contributed by atoms with Crippen LogP contribution in [0.2, 0.25) is 0 Å². The van der Waals surface area contributed by atoms with Crippen molar-refractivity contribution in [2.75, 3.05) is 0 Å². The topological polar surface area (TPSA) is 49.7 Å². The van der Waals surface area contributed by atoms with Gasteiger partial charge in [-0.2, -0.15) is 0 Å². The van der Waals surface area contributed by atoms with Crippen LogP contribution in [0, 0.1) is 0 Å². The molecule has 0 aliphatic heterocycles. The average molecular weight is 371 g/mol. The lowest BCUT2D eigenvalue weighted by Gasteiger charge is -2.20. The molecule has 0 aromatic heterocycles. The molecule has 0 saturated heterocycles. The van der Waals surface area contributed by atoms with Crippen molar-refractivity contribution in [3.63, 3.8) is 0 Å². The summed E-state index contributed by atoms with van der Waals surface area (Å²) in [6, 6.07) is 7.68. The molecule has 0 radical (unpaired) electrons. The van der Waals surface area contributed by atoms with Gasteiger partial charge < -0.3 is 14.9 Å². The molecule has 0 unspecified atom stereocenters. The van der Waals surface area contributed by atoms with Crippen LogP contribution in [0.25, 0.3) is 0 Å². The molecular weight excluding hydrogens is 336 g/mol. The van der Waals surface area contributed by atoms with Gasteiger partial charge in [0.25, 0.3) is 0 Å². The van der Waals surface area contributed by atoms with E-state index in [0.717, 1.165) is 33.8 Å². The minimum absolute atomic E-state index is 0.198. The summed E-state index contributed by atoms with van der Waals surface area (Å²) >= 11 is 0. The van der Waals surface area contributed by atoms with Gasteiger partial charge in [0, 0.05) is 22.3 Å². The number of hydrogen-bond donors (Lipinski definition) is 2. The van der Waals surface area contributed by atoms with Gasteiger partial charge in [0.1, 0.15) is 23.0 Å². The monoisotopic (exact) mass is 370 g/mol. The van der Waals surface area contributed by atoms with E-state index < -0.39 is 0 Å². The summed E-state index contributed by atoms with van der Waals surface area (Å²) in [6.07, 6.45) is 0. The summed E-state index contributed by atoms with van der Waals surface area (Å²) in [4.78, 5) is 0. The van der Waals surface area contributed by atoms with E-state index in [1.807, 2.05) is 24.3 Å². The van der Waals surface area contributed by atoms with E-state index in [4.69, 9.17) is 4.74 Å². The summed E-state index contributed by atoms with van der Waals surface area (Å²) in [5, 5.41) is 21.2. The van der Waals surface area contributed by atoms with Crippen LogP contribution < -0.4 is 4.74 Å². The summed E-state index contributed by atoms with van der Waals surface area (Å²) in [5.41, 5.74) is 3.57. The Morgan fingerprint density at radius 3 is 0.926 bits per heavy atom. The predicted molar refractivity (Wildman–Crippen MR) is 113 cm³/mol. The summed E-state index contributed by atoms with van der Waals surface area (Å²) in [7, 11) is 0. The number of ether oxygens (including phenoxy) is 1. The van der Waals surface area contributed by atoms with Crippen molar-refractivity contribution in [2.45, 2.75) is 79.1 Å². The standard InChI is InChI=1S/C24H34O3/c1-13(2)19-9-17(10-20(14(3)4)23(19)25)27-18-11-21(15(5)6)24(26)22(12-18)16(7)8/h9-16,25-26H,1-8H3. The molecule has 2 aromatic rings. The molecule has 0 spiro atoms. The highest BCUT2D eigenvalue weighted by molar-refractivity contribution is 5.53. The molecule has 3 heteroatoms. The number of aromatic hydroxyl groups is 2. The SMILES string of the molecule is CC(C)c1cc(Oc2cc(C(C)C)c(O)c(C(C)C)c2)cc(C(C)C)c1O. The fraction of sp³-hybridized carbons (Fsp3) is 0.500. The highest BCUT2D eigenvalue weighted by atomic mass is 16.5. The Morgan fingerprint density at radius 1 is 0.519 bits per heavy atom. The van der Waals surface area contributed by atoms with Crippen LogP contribution in [-0.2, 0) is 0 Å². The lowest BCUT2D eigenvalue weighted by molar-refractivity contribution is 0.438. The number of rotatable bonds is 6. The molecule has 3 nitrogen and oxygen atoms in total. The molecule has 27 heavy (non-hydrogen) atoms. The second kappa shape index (κ2) is 8.24. The number of phenolic OH excluding ortho intramolecular Hbond substituents is 2. The third-order valence-corrected chi connectivity index (χ3v) is 5.01. The van der Waals surface area contributed by atoms with E-state index in [9.17, 15) is 10.2 Å². The van der Waals surface area contributed by atoms with Gasteiger partial charge in [-0.05, 0) is 47.9 Å². The molecule has 148 valence electrons. The lowest BCUT2D eigenvalue weighted by atomic mass is 9.93. The number of hydrogen-bond acceptors (Lipinski definition) is 3. The molecule has 2 N–H and O–H groups in total. The molecular formula is C24H34O3. The fourth-order valence-electron chi connectivity index (χ4n) is 3.32. The van der Waals surface area contributed by atoms with Gasteiger partial charge in [0.05, 0.1) is 0 Å². The lowest BCUT2D eigenvalue weighted by Crippen LogP contribution is -1.99. The maximum absolute atomic E-state index is 10.6. The van der Waals surface area contributed by atoms with E-state index in [1.165, 1.54) is 0 Å². The van der Waals surface area contributed by atoms with Gasteiger partial charge in [0.15, 0.2) is 0 Å². The van der Waals surface area contributed by atoms with Crippen molar-refractivity contribution in [3.8, 4) is 23.0 Å². The van der Waals surface area contributed by atoms with E-state index in [0.29, 0.717) is 11.5 Å². The van der Waals surface area contributed by atoms with Crippen molar-refractivity contribution in [3.05, 3.63) is 46.5 Å². The smallest absolute Gasteiger partial charge is 0.128 e. The zero-order valence-corrected chi connectivity index (χ0v) is 17.9. The van der Waals surface area contributed by atoms with Crippen LogP contribution in [-0.4, -0.2) is 10.2 Å². The Bertz CT molecular complexity index is 676. The van der Waals surface area contributed by atoms with Crippen LogP contribution in [0.4, 0.5) is 0 Å². The second-order valence-electron chi connectivity index (χ2n) is 8.62. The minimum Gasteiger partial charge on any atom is -0.507 e. The molecule has 2 aromatic carbocycles. The number of phenols is 2. The molecule has 0 aliphatic rings. The van der Waals surface area contributed by atoms with Gasteiger partial charge in [0.2, 0.25) is 0 Å². The first-order valence-electron chi connectivity index (χ1n) is 9.94. The van der Waals surface area contributed by atoms with Crippen LogP contribution in [0.1, 0.15) is 101 Å². The van der Waals surface area contributed by atoms with Crippen LogP contribution in [0.5, 0.6) is 23.0 Å². The average Bonchev–Trinajstić information content (AvgIpc) is 2.56. The Morgan fingerprint density at radius 2 is 0.741 bits per heavy atom. The van der Waals surface area contributed by atoms with Crippen molar-refractivity contribution in [1.29, 1.82) is 0 Å². The van der Waals surface area contributed by atoms with Crippen molar-refractivity contribution >= 4 is 0 Å². The molecule has 0 amide bonds. The molecule has 0 bridgehead atoms. The third kappa shape index (κ3) is 4.58. The summed E-state index contributed by atoms with van der Waals surface area (Å²) < 4.78 is 6.23. The van der Waals surface area contributed by atoms with Crippen molar-refractivity contribution in [2.24, 2.45) is 0 Å². The largest absolute Gasteiger partial charge is 0.507 e. The fourth-order valence-corrected chi connectivity index (χ4v) is 3.32. The zero-order chi connectivity index (χ0) is 20.5. The third-order valence-electron chi connectivity index (χ3n) is 5.01. The van der Waals surface area contributed by atoms with Gasteiger partial charge in [-0.25, -0.2) is 0 Å². The first kappa shape index (κ1) is 21.1. The molecule has 0 heterocycles. The normalized spacial score (nSPS) is 11.9. The van der Waals surface area contributed by atoms with Crippen LogP contribution in [0.15, 0.2) is 24.3 Å².